The zero-order valence-corrected chi connectivity index (χ0v) is 25.6. The summed E-state index contributed by atoms with van der Waals surface area (Å²) in [5, 5.41) is 8.78. The van der Waals surface area contributed by atoms with E-state index in [0.29, 0.717) is 33.5 Å². The van der Waals surface area contributed by atoms with Crippen molar-refractivity contribution in [2.24, 2.45) is 5.10 Å². The quantitative estimate of drug-likeness (QED) is 0.173. The summed E-state index contributed by atoms with van der Waals surface area (Å²) in [6, 6.07) is 25.0. The van der Waals surface area contributed by atoms with E-state index in [1.165, 1.54) is 10.9 Å². The smallest absolute Gasteiger partial charge is 0.282 e. The van der Waals surface area contributed by atoms with Gasteiger partial charge in [-0.2, -0.15) is 9.78 Å². The molecular weight excluding hydrogens is 655 g/mol. The van der Waals surface area contributed by atoms with E-state index in [-0.39, 0.29) is 39.7 Å². The van der Waals surface area contributed by atoms with Crippen LogP contribution in [0, 0.1) is 6.92 Å². The number of hydrogen-bond donors (Lipinski definition) is 1. The highest BCUT2D eigenvalue weighted by molar-refractivity contribution is 9.10. The second-order valence-electron chi connectivity index (χ2n) is 9.62. The molecule has 0 aliphatic carbocycles. The molecule has 4 aromatic carbocycles. The van der Waals surface area contributed by atoms with Crippen molar-refractivity contribution >= 4 is 78.8 Å². The molecule has 6 aromatic rings. The molecule has 0 aliphatic heterocycles. The number of carbonyl (C=O) groups is 1. The van der Waals surface area contributed by atoms with E-state index >= 15 is 0 Å². The van der Waals surface area contributed by atoms with Gasteiger partial charge in [-0.3, -0.25) is 9.59 Å². The van der Waals surface area contributed by atoms with Crippen LogP contribution in [0.4, 0.5) is 5.69 Å². The van der Waals surface area contributed by atoms with Crippen LogP contribution in [0.15, 0.2) is 104 Å². The monoisotopic (exact) mass is 674 g/mol. The predicted octanol–water partition coefficient (Wildman–Crippen LogP) is 8.09. The van der Waals surface area contributed by atoms with Gasteiger partial charge in [-0.05, 0) is 73.2 Å². The van der Waals surface area contributed by atoms with Gasteiger partial charge < -0.3 is 14.5 Å². The number of nitrogens with one attached hydrogen (secondary N) is 1. The normalized spacial score (nSPS) is 11.4. The number of amides is 1. The minimum Gasteiger partial charge on any atom is -0.481 e. The van der Waals surface area contributed by atoms with Gasteiger partial charge in [-0.1, -0.05) is 69.0 Å². The largest absolute Gasteiger partial charge is 0.481 e. The van der Waals surface area contributed by atoms with Gasteiger partial charge in [0.15, 0.2) is 18.1 Å². The molecule has 0 aliphatic rings. The second-order valence-corrected chi connectivity index (χ2v) is 11.4. The van der Waals surface area contributed by atoms with Crippen molar-refractivity contribution < 1.29 is 13.9 Å². The number of aryl methyl sites for hydroxylation is 1. The lowest BCUT2D eigenvalue weighted by atomic mass is 10.2. The molecule has 0 unspecified atom stereocenters. The second kappa shape index (κ2) is 12.0. The third kappa shape index (κ3) is 6.19. The third-order valence-corrected chi connectivity index (χ3v) is 7.53. The number of furan rings is 1. The van der Waals surface area contributed by atoms with Crippen molar-refractivity contribution in [3.05, 3.63) is 121 Å². The van der Waals surface area contributed by atoms with Gasteiger partial charge in [-0.15, -0.1) is 0 Å². The van der Waals surface area contributed by atoms with Crippen LogP contribution >= 0.6 is 39.1 Å². The first-order valence-corrected chi connectivity index (χ1v) is 14.5. The summed E-state index contributed by atoms with van der Waals surface area (Å²) in [5.74, 6) is 0.384. The third-order valence-electron chi connectivity index (χ3n) is 6.48. The maximum atomic E-state index is 13.5. The van der Waals surface area contributed by atoms with Crippen molar-refractivity contribution in [1.29, 1.82) is 0 Å². The molecule has 11 heteroatoms. The van der Waals surface area contributed by atoms with Gasteiger partial charge in [0, 0.05) is 15.5 Å². The number of halogens is 3. The van der Waals surface area contributed by atoms with Crippen LogP contribution in [0.5, 0.6) is 5.75 Å². The highest BCUT2D eigenvalue weighted by Gasteiger charge is 2.17. The number of anilines is 1. The molecule has 43 heavy (non-hydrogen) atoms. The fourth-order valence-corrected chi connectivity index (χ4v) is 5.39. The number of fused-ring (bicyclic) bond motifs is 2. The maximum absolute atomic E-state index is 13.5. The molecular formula is C32H21BrCl2N4O4. The van der Waals surface area contributed by atoms with Crippen LogP contribution in [0.2, 0.25) is 10.0 Å². The Morgan fingerprint density at radius 1 is 1.05 bits per heavy atom. The highest BCUT2D eigenvalue weighted by atomic mass is 79.9. The van der Waals surface area contributed by atoms with E-state index in [4.69, 9.17) is 37.3 Å². The average Bonchev–Trinajstić information content (AvgIpc) is 3.40. The van der Waals surface area contributed by atoms with E-state index in [2.05, 4.69) is 26.3 Å². The number of carbonyl (C=O) groups excluding carboxylic acids is 1. The van der Waals surface area contributed by atoms with E-state index in [9.17, 15) is 9.59 Å². The lowest BCUT2D eigenvalue weighted by Gasteiger charge is -2.11. The Labute approximate surface area is 263 Å². The van der Waals surface area contributed by atoms with Crippen molar-refractivity contribution in [3.63, 3.8) is 0 Å². The summed E-state index contributed by atoms with van der Waals surface area (Å²) in [4.78, 5) is 30.6. The topological polar surface area (TPSA) is 98.7 Å². The Bertz CT molecular complexity index is 2080. The zero-order chi connectivity index (χ0) is 30.1. The molecule has 214 valence electrons. The molecule has 1 amide bonds. The fraction of sp³-hybridized carbons (Fsp3) is 0.0625. The Hall–Kier alpha value is -4.44. The minimum atomic E-state index is -0.379. The molecule has 0 radical (unpaired) electrons. The average molecular weight is 676 g/mol. The highest BCUT2D eigenvalue weighted by Crippen LogP contribution is 2.34. The first-order chi connectivity index (χ1) is 20.7. The van der Waals surface area contributed by atoms with Gasteiger partial charge in [0.25, 0.3) is 11.5 Å². The molecule has 1 N–H and O–H groups in total. The lowest BCUT2D eigenvalue weighted by molar-refractivity contribution is -0.118. The number of ether oxygens (including phenoxy) is 1. The number of rotatable bonds is 7. The summed E-state index contributed by atoms with van der Waals surface area (Å²) in [5.41, 5.74) is 2.99. The molecule has 2 aromatic heterocycles. The number of hydrogen-bond acceptors (Lipinski definition) is 6. The molecule has 6 rings (SSSR count). The van der Waals surface area contributed by atoms with Crippen LogP contribution in [-0.2, 0) is 4.79 Å². The lowest BCUT2D eigenvalue weighted by Crippen LogP contribution is -2.20. The zero-order valence-electron chi connectivity index (χ0n) is 22.5. The van der Waals surface area contributed by atoms with Gasteiger partial charge >= 0.3 is 0 Å². The van der Waals surface area contributed by atoms with E-state index in [0.717, 1.165) is 15.4 Å². The number of benzene rings is 4. The van der Waals surface area contributed by atoms with Crippen LogP contribution < -0.4 is 15.6 Å². The fourth-order valence-electron chi connectivity index (χ4n) is 4.40. The summed E-state index contributed by atoms with van der Waals surface area (Å²) in [6.45, 7) is 1.67. The van der Waals surface area contributed by atoms with Gasteiger partial charge in [0.1, 0.15) is 5.58 Å². The van der Waals surface area contributed by atoms with Crippen LogP contribution in [-0.4, -0.2) is 28.4 Å². The Morgan fingerprint density at radius 2 is 1.79 bits per heavy atom. The number of nitrogens with zero attached hydrogens (tertiary/aromatic N) is 3. The van der Waals surface area contributed by atoms with Gasteiger partial charge in [-0.25, -0.2) is 4.98 Å². The van der Waals surface area contributed by atoms with E-state index < -0.39 is 0 Å². The Balaban J connectivity index is 1.29. The van der Waals surface area contributed by atoms with Crippen LogP contribution in [0.3, 0.4) is 0 Å². The van der Waals surface area contributed by atoms with E-state index in [1.807, 2.05) is 43.3 Å². The standard InChI is InChI=1S/C32H21BrCl2N4O4/c1-18-6-9-22(10-7-18)37-29(40)17-42-30-24(34)12-19(13-25(30)35)16-36-39-31(38-26-5-3-2-4-23(26)32(39)41)28-15-20-14-21(33)8-11-27(20)43-28/h2-16H,17H2,1H3,(H,37,40). The summed E-state index contributed by atoms with van der Waals surface area (Å²) in [6.07, 6.45) is 1.44. The van der Waals surface area contributed by atoms with Crippen LogP contribution in [0.25, 0.3) is 33.5 Å². The van der Waals surface area contributed by atoms with Gasteiger partial charge in [0.2, 0.25) is 5.82 Å². The Morgan fingerprint density at radius 3 is 2.56 bits per heavy atom. The van der Waals surface area contributed by atoms with Crippen molar-refractivity contribution in [3.8, 4) is 17.3 Å². The predicted molar refractivity (Wildman–Crippen MR) is 174 cm³/mol. The molecule has 0 fully saturated rings. The van der Waals surface area contributed by atoms with Gasteiger partial charge in [0.05, 0.1) is 27.2 Å². The molecule has 8 nitrogen and oxygen atoms in total. The number of aromatic nitrogens is 2. The summed E-state index contributed by atoms with van der Waals surface area (Å²) in [7, 11) is 0. The van der Waals surface area contributed by atoms with Crippen molar-refractivity contribution in [1.82, 2.24) is 9.66 Å². The maximum Gasteiger partial charge on any atom is 0.282 e. The molecule has 0 saturated heterocycles. The summed E-state index contributed by atoms with van der Waals surface area (Å²) >= 11 is 16.4. The van der Waals surface area contributed by atoms with Crippen molar-refractivity contribution in [2.75, 3.05) is 11.9 Å². The Kier molecular flexibility index (Phi) is 8.03. The number of para-hydroxylation sites is 1. The first-order valence-electron chi connectivity index (χ1n) is 13.0. The molecule has 0 atom stereocenters. The molecule has 0 spiro atoms. The molecule has 0 bridgehead atoms. The van der Waals surface area contributed by atoms with E-state index in [1.54, 1.807) is 48.5 Å². The summed E-state index contributed by atoms with van der Waals surface area (Å²) < 4.78 is 13.7. The molecule has 2 heterocycles. The molecule has 0 saturated carbocycles. The van der Waals surface area contributed by atoms with Crippen molar-refractivity contribution in [2.45, 2.75) is 6.92 Å². The van der Waals surface area contributed by atoms with Crippen LogP contribution in [0.1, 0.15) is 11.1 Å². The first kappa shape index (κ1) is 28.7. The SMILES string of the molecule is Cc1ccc(NC(=O)COc2c(Cl)cc(C=Nn3c(-c4cc5cc(Br)ccc5o4)nc4ccccc4c3=O)cc2Cl)cc1. The minimum absolute atomic E-state index is 0.151.